The molecule has 1 aliphatic heterocycles. The first kappa shape index (κ1) is 20.3. The summed E-state index contributed by atoms with van der Waals surface area (Å²) >= 11 is 1.40. The van der Waals surface area contributed by atoms with E-state index in [-0.39, 0.29) is 30.0 Å². The van der Waals surface area contributed by atoms with E-state index in [4.69, 9.17) is 4.74 Å². The molecule has 2 N–H and O–H groups in total. The van der Waals surface area contributed by atoms with Gasteiger partial charge in [0.1, 0.15) is 18.2 Å². The molecule has 0 radical (unpaired) electrons. The smallest absolute Gasteiger partial charge is 0.208 e. The van der Waals surface area contributed by atoms with E-state index in [0.29, 0.717) is 29.3 Å². The minimum atomic E-state index is -0.328. The Labute approximate surface area is 184 Å². The van der Waals surface area contributed by atoms with Gasteiger partial charge >= 0.3 is 0 Å². The van der Waals surface area contributed by atoms with E-state index >= 15 is 0 Å². The van der Waals surface area contributed by atoms with Gasteiger partial charge in [-0.15, -0.1) is 11.3 Å². The van der Waals surface area contributed by atoms with Crippen LogP contribution in [0.3, 0.4) is 0 Å². The summed E-state index contributed by atoms with van der Waals surface area (Å²) in [5.41, 5.74) is 3.52. The number of carbonyl (C=O) groups excluding carboxylic acids is 1. The van der Waals surface area contributed by atoms with E-state index in [1.807, 2.05) is 36.2 Å². The molecule has 0 amide bonds. The van der Waals surface area contributed by atoms with Gasteiger partial charge in [-0.1, -0.05) is 6.92 Å². The van der Waals surface area contributed by atoms with E-state index in [1.54, 1.807) is 6.20 Å². The van der Waals surface area contributed by atoms with Crippen LogP contribution in [0, 0.1) is 12.8 Å². The van der Waals surface area contributed by atoms with Gasteiger partial charge in [0, 0.05) is 12.2 Å². The molecule has 0 unspecified atom stereocenters. The summed E-state index contributed by atoms with van der Waals surface area (Å²) in [6, 6.07) is 1.99. The summed E-state index contributed by atoms with van der Waals surface area (Å²) in [5.74, 6) is 0.627. The third-order valence-electron chi connectivity index (χ3n) is 6.19. The van der Waals surface area contributed by atoms with Crippen molar-refractivity contribution < 1.29 is 14.6 Å². The summed E-state index contributed by atoms with van der Waals surface area (Å²) in [7, 11) is 0. The van der Waals surface area contributed by atoms with E-state index in [9.17, 15) is 9.90 Å². The molecule has 5 rings (SSSR count). The maximum absolute atomic E-state index is 13.3. The monoisotopic (exact) mass is 439 g/mol. The lowest BCUT2D eigenvalue weighted by atomic mass is 10.0. The maximum Gasteiger partial charge on any atom is 0.208 e. The number of hydrogen-bond donors (Lipinski definition) is 2. The summed E-state index contributed by atoms with van der Waals surface area (Å²) in [4.78, 5) is 22.3. The molecule has 0 spiro atoms. The summed E-state index contributed by atoms with van der Waals surface area (Å²) in [6.07, 6.45) is 5.79. The molecular weight excluding hydrogens is 414 g/mol. The Morgan fingerprint density at radius 3 is 3.03 bits per heavy atom. The van der Waals surface area contributed by atoms with Crippen molar-refractivity contribution in [2.24, 2.45) is 5.92 Å². The molecule has 1 fully saturated rings. The van der Waals surface area contributed by atoms with E-state index in [2.05, 4.69) is 20.4 Å². The fourth-order valence-corrected chi connectivity index (χ4v) is 5.36. The van der Waals surface area contributed by atoms with Gasteiger partial charge in [0.05, 0.1) is 41.6 Å². The average Bonchev–Trinajstić information content (AvgIpc) is 3.48. The number of aliphatic hydroxyl groups is 1. The zero-order valence-electron chi connectivity index (χ0n) is 17.5. The van der Waals surface area contributed by atoms with Gasteiger partial charge in [-0.25, -0.2) is 9.97 Å². The highest BCUT2D eigenvalue weighted by Gasteiger charge is 2.31. The number of rotatable bonds is 5. The first-order valence-corrected chi connectivity index (χ1v) is 11.4. The SMILES string of the molecule is Cc1cnn2c1[C@H](c1csc(C(=O)c3cncnc3N[C@@H]3C[C@@H](C)[C@@H](O)C3)c1)OCC2. The number of nitrogens with zero attached hydrogens (tertiary/aromatic N) is 4. The first-order valence-electron chi connectivity index (χ1n) is 10.5. The third kappa shape index (κ3) is 3.77. The zero-order chi connectivity index (χ0) is 21.5. The topological polar surface area (TPSA) is 102 Å². The summed E-state index contributed by atoms with van der Waals surface area (Å²) in [6.45, 7) is 5.39. The largest absolute Gasteiger partial charge is 0.393 e. The average molecular weight is 440 g/mol. The lowest BCUT2D eigenvalue weighted by Gasteiger charge is -2.24. The highest BCUT2D eigenvalue weighted by Crippen LogP contribution is 2.35. The molecule has 0 saturated heterocycles. The minimum absolute atomic E-state index is 0.0873. The summed E-state index contributed by atoms with van der Waals surface area (Å²) in [5, 5.41) is 19.8. The molecule has 31 heavy (non-hydrogen) atoms. The van der Waals surface area contributed by atoms with Crippen LogP contribution in [0.1, 0.15) is 57.9 Å². The first-order chi connectivity index (χ1) is 15.0. The second-order valence-corrected chi connectivity index (χ2v) is 9.31. The summed E-state index contributed by atoms with van der Waals surface area (Å²) < 4.78 is 8.01. The van der Waals surface area contributed by atoms with Crippen molar-refractivity contribution >= 4 is 22.9 Å². The molecule has 162 valence electrons. The van der Waals surface area contributed by atoms with Crippen LogP contribution in [0.15, 0.2) is 30.2 Å². The molecule has 3 aromatic rings. The van der Waals surface area contributed by atoms with Crippen molar-refractivity contribution in [1.82, 2.24) is 19.7 Å². The van der Waals surface area contributed by atoms with Crippen molar-refractivity contribution in [2.75, 3.05) is 11.9 Å². The molecule has 9 heteroatoms. The van der Waals surface area contributed by atoms with Crippen LogP contribution < -0.4 is 5.32 Å². The van der Waals surface area contributed by atoms with Gasteiger partial charge < -0.3 is 15.2 Å². The number of thiophene rings is 1. The lowest BCUT2D eigenvalue weighted by Crippen LogP contribution is -2.23. The van der Waals surface area contributed by atoms with Gasteiger partial charge in [0.25, 0.3) is 0 Å². The normalized spacial score (nSPS) is 25.4. The van der Waals surface area contributed by atoms with Crippen LogP contribution in [0.4, 0.5) is 5.82 Å². The Kier molecular flexibility index (Phi) is 5.33. The molecule has 4 atom stereocenters. The van der Waals surface area contributed by atoms with E-state index < -0.39 is 0 Å². The molecule has 3 aromatic heterocycles. The van der Waals surface area contributed by atoms with Gasteiger partial charge in [0.2, 0.25) is 5.78 Å². The predicted octanol–water partition coefficient (Wildman–Crippen LogP) is 2.96. The number of hydrogen-bond acceptors (Lipinski definition) is 8. The van der Waals surface area contributed by atoms with Gasteiger partial charge in [0.15, 0.2) is 0 Å². The standard InChI is InChI=1S/C22H25N5O3S/c1-12-5-15(7-17(12)28)26-22-16(9-23-11-24-22)20(29)18-6-14(10-31-18)21-19-13(2)8-25-27(19)3-4-30-21/h6,8-12,15,17,21,28H,3-5,7H2,1-2H3,(H,23,24,26)/t12-,15-,17+,21+/m1/s1. The molecule has 1 aliphatic carbocycles. The number of aliphatic hydroxyl groups excluding tert-OH is 1. The van der Waals surface area contributed by atoms with E-state index in [1.165, 1.54) is 17.7 Å². The predicted molar refractivity (Wildman–Crippen MR) is 116 cm³/mol. The molecule has 4 heterocycles. The van der Waals surface area contributed by atoms with E-state index in [0.717, 1.165) is 29.8 Å². The molecular formula is C22H25N5O3S. The fourth-order valence-electron chi connectivity index (χ4n) is 4.49. The number of aromatic nitrogens is 4. The Hall–Kier alpha value is -2.62. The quantitative estimate of drug-likeness (QED) is 0.589. The second-order valence-electron chi connectivity index (χ2n) is 8.40. The minimum Gasteiger partial charge on any atom is -0.393 e. The lowest BCUT2D eigenvalue weighted by molar-refractivity contribution is 0.0420. The molecule has 2 aliphatic rings. The van der Waals surface area contributed by atoms with Gasteiger partial charge in [-0.05, 0) is 48.3 Å². The van der Waals surface area contributed by atoms with Crippen LogP contribution in [-0.4, -0.2) is 49.4 Å². The Bertz CT molecular complexity index is 1100. The van der Waals surface area contributed by atoms with Crippen LogP contribution in [0.5, 0.6) is 0 Å². The maximum atomic E-state index is 13.3. The molecule has 0 bridgehead atoms. The van der Waals surface area contributed by atoms with Gasteiger partial charge in [-0.2, -0.15) is 5.10 Å². The number of ketones is 1. The van der Waals surface area contributed by atoms with Crippen molar-refractivity contribution in [3.8, 4) is 0 Å². The number of anilines is 1. The number of aryl methyl sites for hydroxylation is 1. The molecule has 0 aromatic carbocycles. The van der Waals surface area contributed by atoms with Crippen LogP contribution in [0.25, 0.3) is 0 Å². The number of ether oxygens (including phenoxy) is 1. The molecule has 8 nitrogen and oxygen atoms in total. The third-order valence-corrected chi connectivity index (χ3v) is 7.14. The Balaban J connectivity index is 1.39. The van der Waals surface area contributed by atoms with Crippen molar-refractivity contribution in [3.63, 3.8) is 0 Å². The van der Waals surface area contributed by atoms with Crippen LogP contribution in [0.2, 0.25) is 0 Å². The second kappa shape index (κ2) is 8.14. The number of carbonyl (C=O) groups is 1. The van der Waals surface area contributed by atoms with Crippen molar-refractivity contribution in [1.29, 1.82) is 0 Å². The highest BCUT2D eigenvalue weighted by molar-refractivity contribution is 7.12. The van der Waals surface area contributed by atoms with Crippen molar-refractivity contribution in [2.45, 2.75) is 51.5 Å². The molecule has 1 saturated carbocycles. The van der Waals surface area contributed by atoms with Crippen LogP contribution >= 0.6 is 11.3 Å². The Morgan fingerprint density at radius 1 is 1.35 bits per heavy atom. The number of fused-ring (bicyclic) bond motifs is 1. The number of nitrogens with one attached hydrogen (secondary N) is 1. The van der Waals surface area contributed by atoms with Crippen LogP contribution in [-0.2, 0) is 11.3 Å². The van der Waals surface area contributed by atoms with Gasteiger partial charge in [-0.3, -0.25) is 9.48 Å². The zero-order valence-corrected chi connectivity index (χ0v) is 18.3. The Morgan fingerprint density at radius 2 is 2.23 bits per heavy atom. The van der Waals surface area contributed by atoms with Crippen molar-refractivity contribution in [3.05, 3.63) is 57.4 Å². The highest BCUT2D eigenvalue weighted by atomic mass is 32.1. The fraction of sp³-hybridized carbons (Fsp3) is 0.455.